The van der Waals surface area contributed by atoms with Crippen LogP contribution in [0.1, 0.15) is 18.9 Å². The van der Waals surface area contributed by atoms with Crippen molar-refractivity contribution in [1.82, 2.24) is 15.1 Å². The largest absolute Gasteiger partial charge is 0.490 e. The van der Waals surface area contributed by atoms with Gasteiger partial charge in [0, 0.05) is 31.6 Å². The number of nitrogens with one attached hydrogen (secondary N) is 1. The van der Waals surface area contributed by atoms with E-state index in [1.54, 1.807) is 0 Å². The van der Waals surface area contributed by atoms with Gasteiger partial charge in [-0.2, -0.15) is 13.2 Å². The molecule has 3 rings (SSSR count). The van der Waals surface area contributed by atoms with Crippen molar-refractivity contribution in [3.63, 3.8) is 0 Å². The number of aliphatic carboxylic acids is 1. The predicted octanol–water partition coefficient (Wildman–Crippen LogP) is 2.56. The summed E-state index contributed by atoms with van der Waals surface area (Å²) < 4.78 is 31.7. The third-order valence-electron chi connectivity index (χ3n) is 4.83. The van der Waals surface area contributed by atoms with Crippen molar-refractivity contribution in [3.05, 3.63) is 35.9 Å². The highest BCUT2D eigenvalue weighted by Gasteiger charge is 2.48. The number of alkyl halides is 3. The molecule has 2 aliphatic rings. The fraction of sp³-hybridized carbons (Fsp3) is 0.556. The Hall–Kier alpha value is -2.29. The minimum atomic E-state index is -5.08. The number of carbonyl (C=O) groups excluding carboxylic acids is 1. The summed E-state index contributed by atoms with van der Waals surface area (Å²) >= 11 is 0. The van der Waals surface area contributed by atoms with Crippen molar-refractivity contribution < 1.29 is 27.9 Å². The van der Waals surface area contributed by atoms with E-state index in [1.807, 2.05) is 35.2 Å². The van der Waals surface area contributed by atoms with Crippen LogP contribution in [0.25, 0.3) is 0 Å². The molecule has 2 heterocycles. The summed E-state index contributed by atoms with van der Waals surface area (Å²) in [6.07, 6.45) is -3.84. The summed E-state index contributed by atoms with van der Waals surface area (Å²) in [6.45, 7) is 8.14. The van der Waals surface area contributed by atoms with Crippen LogP contribution in [-0.4, -0.2) is 65.8 Å². The fourth-order valence-corrected chi connectivity index (χ4v) is 3.35. The molecule has 1 spiro atoms. The Balaban J connectivity index is 0.000000321. The van der Waals surface area contributed by atoms with Crippen LogP contribution in [0.2, 0.25) is 0 Å². The van der Waals surface area contributed by atoms with E-state index < -0.39 is 12.1 Å². The Labute approximate surface area is 155 Å². The molecule has 2 amide bonds. The Morgan fingerprint density at radius 1 is 1.19 bits per heavy atom. The Morgan fingerprint density at radius 2 is 1.78 bits per heavy atom. The Morgan fingerprint density at radius 3 is 2.26 bits per heavy atom. The van der Waals surface area contributed by atoms with Gasteiger partial charge in [0.25, 0.3) is 0 Å². The number of likely N-dealkylation sites (tertiary alicyclic amines) is 2. The summed E-state index contributed by atoms with van der Waals surface area (Å²) in [7, 11) is 0. The highest BCUT2D eigenvalue weighted by atomic mass is 19.4. The van der Waals surface area contributed by atoms with E-state index in [-0.39, 0.29) is 6.03 Å². The molecule has 0 bridgehead atoms. The summed E-state index contributed by atoms with van der Waals surface area (Å²) in [5, 5.41) is 10.1. The third kappa shape index (κ3) is 5.85. The number of carboxylic acid groups (broad SMARTS) is 1. The predicted molar refractivity (Wildman–Crippen MR) is 93.1 cm³/mol. The van der Waals surface area contributed by atoms with Crippen molar-refractivity contribution in [2.75, 3.05) is 32.7 Å². The van der Waals surface area contributed by atoms with Gasteiger partial charge >= 0.3 is 18.2 Å². The molecule has 0 aromatic heterocycles. The molecule has 6 nitrogen and oxygen atoms in total. The van der Waals surface area contributed by atoms with Gasteiger partial charge in [-0.05, 0) is 25.1 Å². The van der Waals surface area contributed by atoms with Gasteiger partial charge in [0.1, 0.15) is 0 Å². The Bertz CT molecular complexity index is 646. The molecular formula is C18H24F3N3O3. The first-order valence-corrected chi connectivity index (χ1v) is 8.74. The first kappa shape index (κ1) is 21.0. The van der Waals surface area contributed by atoms with Gasteiger partial charge in [0.05, 0.1) is 0 Å². The normalized spacial score (nSPS) is 18.4. The standard InChI is InChI=1S/C16H23N3O.C2HF3O2/c1-2-18-9-8-16(11-18)12-19(13-16)15(20)17-10-14-6-4-3-5-7-14;3-2(4,5)1(6)7/h3-7H,2,8-13H2,1H3,(H,17,20);(H,6,7). The first-order valence-electron chi connectivity index (χ1n) is 8.74. The van der Waals surface area contributed by atoms with E-state index in [4.69, 9.17) is 9.90 Å². The summed E-state index contributed by atoms with van der Waals surface area (Å²) in [6, 6.07) is 10.1. The van der Waals surface area contributed by atoms with Crippen LogP contribution in [0.5, 0.6) is 0 Å². The smallest absolute Gasteiger partial charge is 0.475 e. The average molecular weight is 387 g/mol. The van der Waals surface area contributed by atoms with Crippen LogP contribution >= 0.6 is 0 Å². The van der Waals surface area contributed by atoms with Gasteiger partial charge in [-0.1, -0.05) is 37.3 Å². The second kappa shape index (κ2) is 8.60. The van der Waals surface area contributed by atoms with Crippen LogP contribution in [-0.2, 0) is 11.3 Å². The van der Waals surface area contributed by atoms with Gasteiger partial charge in [-0.15, -0.1) is 0 Å². The molecule has 1 aromatic carbocycles. The minimum Gasteiger partial charge on any atom is -0.475 e. The lowest BCUT2D eigenvalue weighted by molar-refractivity contribution is -0.192. The second-order valence-corrected chi connectivity index (χ2v) is 6.92. The van der Waals surface area contributed by atoms with E-state index in [0.29, 0.717) is 12.0 Å². The molecule has 1 aromatic rings. The molecule has 0 saturated carbocycles. The maximum absolute atomic E-state index is 12.1. The molecule has 150 valence electrons. The lowest BCUT2D eigenvalue weighted by atomic mass is 9.79. The van der Waals surface area contributed by atoms with Crippen LogP contribution < -0.4 is 5.32 Å². The van der Waals surface area contributed by atoms with Gasteiger partial charge in [0.15, 0.2) is 0 Å². The number of urea groups is 1. The first-order chi connectivity index (χ1) is 12.6. The molecular weight excluding hydrogens is 363 g/mol. The molecule has 9 heteroatoms. The van der Waals surface area contributed by atoms with Crippen molar-refractivity contribution in [2.45, 2.75) is 26.1 Å². The Kier molecular flexibility index (Phi) is 6.69. The lowest BCUT2D eigenvalue weighted by Crippen LogP contribution is -2.61. The summed E-state index contributed by atoms with van der Waals surface area (Å²) in [5.41, 5.74) is 1.54. The zero-order valence-electron chi connectivity index (χ0n) is 15.1. The zero-order valence-corrected chi connectivity index (χ0v) is 15.1. The number of nitrogens with zero attached hydrogens (tertiary/aromatic N) is 2. The number of rotatable bonds is 3. The highest BCUT2D eigenvalue weighted by Crippen LogP contribution is 2.39. The van der Waals surface area contributed by atoms with Crippen molar-refractivity contribution in [3.8, 4) is 0 Å². The van der Waals surface area contributed by atoms with E-state index in [2.05, 4.69) is 17.1 Å². The van der Waals surface area contributed by atoms with Gasteiger partial charge in [-0.3, -0.25) is 0 Å². The number of hydrogen-bond acceptors (Lipinski definition) is 3. The highest BCUT2D eigenvalue weighted by molar-refractivity contribution is 5.75. The lowest BCUT2D eigenvalue weighted by Gasteiger charge is -2.47. The van der Waals surface area contributed by atoms with E-state index in [0.717, 1.165) is 31.7 Å². The van der Waals surface area contributed by atoms with Gasteiger partial charge in [-0.25, -0.2) is 9.59 Å². The molecule has 2 saturated heterocycles. The van der Waals surface area contributed by atoms with Crippen molar-refractivity contribution >= 4 is 12.0 Å². The van der Waals surface area contributed by atoms with Crippen LogP contribution in [0.15, 0.2) is 30.3 Å². The summed E-state index contributed by atoms with van der Waals surface area (Å²) in [4.78, 5) is 25.4. The molecule has 27 heavy (non-hydrogen) atoms. The number of hydrogen-bond donors (Lipinski definition) is 2. The molecule has 0 radical (unpaired) electrons. The number of carbonyl (C=O) groups is 2. The molecule has 2 aliphatic heterocycles. The zero-order chi connectivity index (χ0) is 20.1. The molecule has 0 atom stereocenters. The molecule has 2 fully saturated rings. The quantitative estimate of drug-likeness (QED) is 0.836. The van der Waals surface area contributed by atoms with Crippen molar-refractivity contribution in [2.24, 2.45) is 5.41 Å². The number of amides is 2. The van der Waals surface area contributed by atoms with E-state index in [1.165, 1.54) is 13.0 Å². The van der Waals surface area contributed by atoms with Crippen LogP contribution in [0.3, 0.4) is 0 Å². The molecule has 0 aliphatic carbocycles. The monoisotopic (exact) mass is 387 g/mol. The third-order valence-corrected chi connectivity index (χ3v) is 4.83. The topological polar surface area (TPSA) is 72.9 Å². The molecule has 0 unspecified atom stereocenters. The van der Waals surface area contributed by atoms with Gasteiger partial charge < -0.3 is 20.2 Å². The van der Waals surface area contributed by atoms with Crippen LogP contribution in [0, 0.1) is 5.41 Å². The second-order valence-electron chi connectivity index (χ2n) is 6.92. The maximum Gasteiger partial charge on any atom is 0.490 e. The van der Waals surface area contributed by atoms with E-state index >= 15 is 0 Å². The molecule has 2 N–H and O–H groups in total. The van der Waals surface area contributed by atoms with Gasteiger partial charge in [0.2, 0.25) is 0 Å². The van der Waals surface area contributed by atoms with E-state index in [9.17, 15) is 18.0 Å². The SMILES string of the molecule is CCN1CCC2(C1)CN(C(=O)NCc1ccccc1)C2.O=C(O)C(F)(F)F. The fourth-order valence-electron chi connectivity index (χ4n) is 3.35. The number of benzene rings is 1. The minimum absolute atomic E-state index is 0.0782. The maximum atomic E-state index is 12.1. The summed E-state index contributed by atoms with van der Waals surface area (Å²) in [5.74, 6) is -2.76. The number of halogens is 3. The van der Waals surface area contributed by atoms with Crippen molar-refractivity contribution in [1.29, 1.82) is 0 Å². The number of carboxylic acids is 1. The average Bonchev–Trinajstić information content (AvgIpc) is 3.04. The van der Waals surface area contributed by atoms with Crippen LogP contribution in [0.4, 0.5) is 18.0 Å².